The van der Waals surface area contributed by atoms with E-state index < -0.39 is 10.0 Å². The number of nitrogens with one attached hydrogen (secondary N) is 1. The zero-order valence-corrected chi connectivity index (χ0v) is 18.7. The molecule has 0 amide bonds. The standard InChI is InChI=1S/C24H32N2O3S/c1-3-4-5-6-10-17-26-19-20(23-18-21(29-2)13-14-24(23)26)15-16-25-30(27,28)22-11-8-7-9-12-22/h7-9,11-14,18-19,25H,3-6,10,15-17H2,1-2H3. The maximum Gasteiger partial charge on any atom is 0.240 e. The van der Waals surface area contributed by atoms with E-state index in [0.717, 1.165) is 29.7 Å². The molecule has 5 nitrogen and oxygen atoms in total. The van der Waals surface area contributed by atoms with Gasteiger partial charge in [0.05, 0.1) is 12.0 Å². The summed E-state index contributed by atoms with van der Waals surface area (Å²) in [7, 11) is -1.83. The van der Waals surface area contributed by atoms with E-state index in [1.165, 1.54) is 31.2 Å². The highest BCUT2D eigenvalue weighted by Crippen LogP contribution is 2.27. The van der Waals surface area contributed by atoms with E-state index in [0.29, 0.717) is 17.9 Å². The largest absolute Gasteiger partial charge is 0.497 e. The highest BCUT2D eigenvalue weighted by molar-refractivity contribution is 7.89. The van der Waals surface area contributed by atoms with Crippen molar-refractivity contribution in [1.82, 2.24) is 9.29 Å². The third-order valence-corrected chi connectivity index (χ3v) is 6.89. The maximum atomic E-state index is 12.5. The Morgan fingerprint density at radius 3 is 2.50 bits per heavy atom. The topological polar surface area (TPSA) is 60.3 Å². The fourth-order valence-electron chi connectivity index (χ4n) is 3.75. The van der Waals surface area contributed by atoms with E-state index in [4.69, 9.17) is 4.74 Å². The van der Waals surface area contributed by atoms with Crippen LogP contribution in [0.5, 0.6) is 5.75 Å². The van der Waals surface area contributed by atoms with Crippen molar-refractivity contribution in [3.8, 4) is 5.75 Å². The van der Waals surface area contributed by atoms with Crippen LogP contribution in [0, 0.1) is 0 Å². The van der Waals surface area contributed by atoms with Crippen molar-refractivity contribution in [2.45, 2.75) is 56.9 Å². The molecule has 1 heterocycles. The Balaban J connectivity index is 1.72. The predicted molar refractivity (Wildman–Crippen MR) is 123 cm³/mol. The summed E-state index contributed by atoms with van der Waals surface area (Å²) < 4.78 is 35.4. The lowest BCUT2D eigenvalue weighted by Crippen LogP contribution is -2.25. The summed E-state index contributed by atoms with van der Waals surface area (Å²) in [5.74, 6) is 0.814. The molecule has 0 bridgehead atoms. The Labute approximate surface area is 180 Å². The summed E-state index contributed by atoms with van der Waals surface area (Å²) in [6.07, 6.45) is 8.98. The van der Waals surface area contributed by atoms with Gasteiger partial charge in [-0.2, -0.15) is 0 Å². The van der Waals surface area contributed by atoms with Crippen LogP contribution in [0.3, 0.4) is 0 Å². The summed E-state index contributed by atoms with van der Waals surface area (Å²) in [5.41, 5.74) is 2.31. The van der Waals surface area contributed by atoms with Crippen molar-refractivity contribution in [3.05, 3.63) is 60.3 Å². The molecule has 0 atom stereocenters. The molecule has 0 saturated heterocycles. The molecule has 3 rings (SSSR count). The summed E-state index contributed by atoms with van der Waals surface area (Å²) in [6, 6.07) is 14.6. The van der Waals surface area contributed by atoms with Crippen molar-refractivity contribution in [2.75, 3.05) is 13.7 Å². The minimum Gasteiger partial charge on any atom is -0.497 e. The molecule has 1 N–H and O–H groups in total. The first-order chi connectivity index (χ1) is 14.5. The van der Waals surface area contributed by atoms with Gasteiger partial charge in [-0.25, -0.2) is 13.1 Å². The van der Waals surface area contributed by atoms with Crippen molar-refractivity contribution in [2.24, 2.45) is 0 Å². The molecule has 3 aromatic rings. The van der Waals surface area contributed by atoms with Gasteiger partial charge in [0, 0.05) is 30.2 Å². The predicted octanol–water partition coefficient (Wildman–Crippen LogP) is 5.14. The lowest BCUT2D eigenvalue weighted by atomic mass is 10.1. The number of nitrogens with zero attached hydrogens (tertiary/aromatic N) is 1. The molecule has 30 heavy (non-hydrogen) atoms. The molecule has 1 aromatic heterocycles. The van der Waals surface area contributed by atoms with E-state index >= 15 is 0 Å². The molecule has 0 radical (unpaired) electrons. The van der Waals surface area contributed by atoms with Gasteiger partial charge in [0.2, 0.25) is 10.0 Å². The minimum absolute atomic E-state index is 0.293. The smallest absolute Gasteiger partial charge is 0.240 e. The summed E-state index contributed by atoms with van der Waals surface area (Å²) >= 11 is 0. The number of benzene rings is 2. The number of ether oxygens (including phenoxy) is 1. The molecule has 0 unspecified atom stereocenters. The van der Waals surface area contributed by atoms with Crippen molar-refractivity contribution in [1.29, 1.82) is 0 Å². The third kappa shape index (κ3) is 5.64. The van der Waals surface area contributed by atoms with E-state index in [-0.39, 0.29) is 0 Å². The van der Waals surface area contributed by atoms with Crippen LogP contribution < -0.4 is 9.46 Å². The van der Waals surface area contributed by atoms with Crippen LogP contribution in [0.25, 0.3) is 10.9 Å². The molecule has 0 aliphatic heterocycles. The minimum atomic E-state index is -3.49. The van der Waals surface area contributed by atoms with Crippen LogP contribution in [0.1, 0.15) is 44.6 Å². The first-order valence-corrected chi connectivity index (χ1v) is 12.2. The number of aryl methyl sites for hydroxylation is 1. The SMILES string of the molecule is CCCCCCCn1cc(CCNS(=O)(=O)c2ccccc2)c2cc(OC)ccc21. The Morgan fingerprint density at radius 1 is 1.00 bits per heavy atom. The second-order valence-electron chi connectivity index (χ2n) is 7.61. The quantitative estimate of drug-likeness (QED) is 0.406. The molecule has 0 spiro atoms. The summed E-state index contributed by atoms with van der Waals surface area (Å²) in [5, 5.41) is 1.13. The Morgan fingerprint density at radius 2 is 1.77 bits per heavy atom. The number of fused-ring (bicyclic) bond motifs is 1. The molecule has 0 aliphatic carbocycles. The molecule has 162 valence electrons. The van der Waals surface area contributed by atoms with Crippen molar-refractivity contribution < 1.29 is 13.2 Å². The average Bonchev–Trinajstić information content (AvgIpc) is 3.11. The van der Waals surface area contributed by atoms with Gasteiger partial charge in [0.15, 0.2) is 0 Å². The number of sulfonamides is 1. The molecule has 6 heteroatoms. The molecule has 0 saturated carbocycles. The second-order valence-corrected chi connectivity index (χ2v) is 9.37. The average molecular weight is 429 g/mol. The van der Waals surface area contributed by atoms with Gasteiger partial charge < -0.3 is 9.30 Å². The Kier molecular flexibility index (Phi) is 7.94. The van der Waals surface area contributed by atoms with Crippen LogP contribution in [0.15, 0.2) is 59.6 Å². The van der Waals surface area contributed by atoms with Gasteiger partial charge in [0.1, 0.15) is 5.75 Å². The highest BCUT2D eigenvalue weighted by Gasteiger charge is 2.14. The van der Waals surface area contributed by atoms with Crippen LogP contribution in [0.2, 0.25) is 0 Å². The van der Waals surface area contributed by atoms with E-state index in [1.54, 1.807) is 31.4 Å². The summed E-state index contributed by atoms with van der Waals surface area (Å²) in [6.45, 7) is 3.55. The zero-order chi connectivity index (χ0) is 21.4. The summed E-state index contributed by atoms with van der Waals surface area (Å²) in [4.78, 5) is 0.293. The van der Waals surface area contributed by atoms with Crippen LogP contribution >= 0.6 is 0 Å². The number of unbranched alkanes of at least 4 members (excludes halogenated alkanes) is 4. The van der Waals surface area contributed by atoms with Gasteiger partial charge in [-0.05, 0) is 48.7 Å². The lowest BCUT2D eigenvalue weighted by molar-refractivity contribution is 0.415. The lowest BCUT2D eigenvalue weighted by Gasteiger charge is -2.06. The Bertz CT molecular complexity index is 1040. The van der Waals surface area contributed by atoms with Crippen LogP contribution in [-0.4, -0.2) is 26.6 Å². The zero-order valence-electron chi connectivity index (χ0n) is 17.9. The molecule has 0 fully saturated rings. The fraction of sp³-hybridized carbons (Fsp3) is 0.417. The fourth-order valence-corrected chi connectivity index (χ4v) is 4.80. The monoisotopic (exact) mass is 428 g/mol. The molecule has 2 aromatic carbocycles. The number of hydrogen-bond acceptors (Lipinski definition) is 3. The first kappa shape index (κ1) is 22.4. The van der Waals surface area contributed by atoms with Crippen molar-refractivity contribution in [3.63, 3.8) is 0 Å². The van der Waals surface area contributed by atoms with E-state index in [9.17, 15) is 8.42 Å². The normalized spacial score (nSPS) is 11.8. The van der Waals surface area contributed by atoms with Gasteiger partial charge in [-0.1, -0.05) is 50.8 Å². The Hall–Kier alpha value is -2.31. The number of methoxy groups -OCH3 is 1. The van der Waals surface area contributed by atoms with Gasteiger partial charge in [-0.3, -0.25) is 0 Å². The number of rotatable bonds is 12. The highest BCUT2D eigenvalue weighted by atomic mass is 32.2. The van der Waals surface area contributed by atoms with E-state index in [2.05, 4.69) is 28.5 Å². The van der Waals surface area contributed by atoms with Crippen molar-refractivity contribution >= 4 is 20.9 Å². The van der Waals surface area contributed by atoms with Gasteiger partial charge >= 0.3 is 0 Å². The molecular formula is C24H32N2O3S. The number of hydrogen-bond donors (Lipinski definition) is 1. The van der Waals surface area contributed by atoms with Gasteiger partial charge in [-0.15, -0.1) is 0 Å². The van der Waals surface area contributed by atoms with Crippen LogP contribution in [-0.2, 0) is 23.0 Å². The molecule has 0 aliphatic rings. The third-order valence-electron chi connectivity index (χ3n) is 5.41. The van der Waals surface area contributed by atoms with Gasteiger partial charge in [0.25, 0.3) is 0 Å². The van der Waals surface area contributed by atoms with E-state index in [1.807, 2.05) is 18.2 Å². The second kappa shape index (κ2) is 10.6. The maximum absolute atomic E-state index is 12.5. The van der Waals surface area contributed by atoms with Crippen LogP contribution in [0.4, 0.5) is 0 Å². The molecular weight excluding hydrogens is 396 g/mol. The first-order valence-electron chi connectivity index (χ1n) is 10.8. The number of aromatic nitrogens is 1.